The van der Waals surface area contributed by atoms with Gasteiger partial charge >= 0.3 is 0 Å². The third-order valence-electron chi connectivity index (χ3n) is 4.43. The van der Waals surface area contributed by atoms with Crippen LogP contribution in [-0.4, -0.2) is 23.3 Å². The third kappa shape index (κ3) is 4.13. The number of hydrogen-bond donors (Lipinski definition) is 2. The molecule has 3 heteroatoms. The van der Waals surface area contributed by atoms with Crippen LogP contribution in [0.1, 0.15) is 12.5 Å². The molecular weight excluding hydrogens is 310 g/mol. The monoisotopic (exact) mass is 333 g/mol. The second-order valence-electron chi connectivity index (χ2n) is 6.07. The minimum atomic E-state index is -0.0763. The van der Waals surface area contributed by atoms with Gasteiger partial charge in [0, 0.05) is 18.8 Å². The van der Waals surface area contributed by atoms with Crippen LogP contribution in [0.25, 0.3) is 11.1 Å². The number of rotatable bonds is 6. The molecule has 2 N–H and O–H groups in total. The fourth-order valence-electron chi connectivity index (χ4n) is 2.95. The van der Waals surface area contributed by atoms with Crippen molar-refractivity contribution in [3.8, 4) is 22.6 Å². The van der Waals surface area contributed by atoms with Crippen LogP contribution in [-0.2, 0) is 6.42 Å². The number of nitrogens with zero attached hydrogens (tertiary/aromatic N) is 1. The highest BCUT2D eigenvalue weighted by Gasteiger charge is 2.07. The van der Waals surface area contributed by atoms with Crippen molar-refractivity contribution in [2.75, 3.05) is 18.0 Å². The summed E-state index contributed by atoms with van der Waals surface area (Å²) in [7, 11) is 0. The summed E-state index contributed by atoms with van der Waals surface area (Å²) in [5.74, 6) is -0.139. The summed E-state index contributed by atoms with van der Waals surface area (Å²) in [5.41, 5.74) is 4.63. The molecule has 3 aromatic carbocycles. The molecule has 0 bridgehead atoms. The molecule has 0 aliphatic heterocycles. The van der Waals surface area contributed by atoms with Gasteiger partial charge in [0.15, 0.2) is 11.5 Å². The van der Waals surface area contributed by atoms with Gasteiger partial charge < -0.3 is 15.1 Å². The van der Waals surface area contributed by atoms with E-state index in [0.29, 0.717) is 0 Å². The molecule has 25 heavy (non-hydrogen) atoms. The van der Waals surface area contributed by atoms with Gasteiger partial charge in [-0.3, -0.25) is 0 Å². The van der Waals surface area contributed by atoms with Crippen LogP contribution in [0, 0.1) is 0 Å². The highest BCUT2D eigenvalue weighted by molar-refractivity contribution is 5.66. The minimum absolute atomic E-state index is 0.0623. The summed E-state index contributed by atoms with van der Waals surface area (Å²) >= 11 is 0. The van der Waals surface area contributed by atoms with E-state index >= 15 is 0 Å². The number of benzene rings is 3. The normalized spacial score (nSPS) is 10.6. The molecule has 0 amide bonds. The lowest BCUT2D eigenvalue weighted by Gasteiger charge is -2.23. The van der Waals surface area contributed by atoms with Crippen molar-refractivity contribution in [2.45, 2.75) is 13.3 Å². The van der Waals surface area contributed by atoms with E-state index in [-0.39, 0.29) is 11.5 Å². The van der Waals surface area contributed by atoms with Crippen LogP contribution in [0.4, 0.5) is 5.69 Å². The van der Waals surface area contributed by atoms with E-state index in [4.69, 9.17) is 0 Å². The molecular formula is C22H23NO2. The first-order valence-electron chi connectivity index (χ1n) is 8.58. The molecule has 0 aromatic heterocycles. The Morgan fingerprint density at radius 3 is 2.08 bits per heavy atom. The summed E-state index contributed by atoms with van der Waals surface area (Å²) in [6.45, 7) is 3.90. The fraction of sp³-hybridized carbons (Fsp3) is 0.182. The smallest absolute Gasteiger partial charge is 0.157 e. The fourth-order valence-corrected chi connectivity index (χ4v) is 2.95. The Hall–Kier alpha value is -2.94. The van der Waals surface area contributed by atoms with E-state index in [0.717, 1.165) is 25.1 Å². The number of hydrogen-bond acceptors (Lipinski definition) is 3. The maximum Gasteiger partial charge on any atom is 0.157 e. The van der Waals surface area contributed by atoms with Gasteiger partial charge in [-0.05, 0) is 54.3 Å². The van der Waals surface area contributed by atoms with Crippen molar-refractivity contribution in [3.05, 3.63) is 78.4 Å². The molecule has 0 fully saturated rings. The van der Waals surface area contributed by atoms with Gasteiger partial charge in [0.2, 0.25) is 0 Å². The zero-order valence-corrected chi connectivity index (χ0v) is 14.4. The highest BCUT2D eigenvalue weighted by Crippen LogP contribution is 2.26. The highest BCUT2D eigenvalue weighted by atomic mass is 16.3. The molecule has 0 saturated carbocycles. The lowest BCUT2D eigenvalue weighted by Crippen LogP contribution is -2.25. The van der Waals surface area contributed by atoms with Crippen LogP contribution in [0.15, 0.2) is 72.8 Å². The first kappa shape index (κ1) is 16.9. The molecule has 0 spiro atoms. The van der Waals surface area contributed by atoms with Crippen LogP contribution >= 0.6 is 0 Å². The molecule has 3 aromatic rings. The maximum atomic E-state index is 9.61. The third-order valence-corrected chi connectivity index (χ3v) is 4.43. The minimum Gasteiger partial charge on any atom is -0.504 e. The largest absolute Gasteiger partial charge is 0.504 e. The standard InChI is InChI=1S/C22H23NO2/c1-2-23(15-14-17-8-13-21(24)22(25)16-17)20-11-9-19(10-12-20)18-6-4-3-5-7-18/h3-13,16,24-25H,2,14-15H2,1H3. The average molecular weight is 333 g/mol. The molecule has 0 atom stereocenters. The first-order valence-corrected chi connectivity index (χ1v) is 8.58. The topological polar surface area (TPSA) is 43.7 Å². The maximum absolute atomic E-state index is 9.61. The lowest BCUT2D eigenvalue weighted by molar-refractivity contribution is 0.403. The van der Waals surface area contributed by atoms with Crippen molar-refractivity contribution < 1.29 is 10.2 Å². The second-order valence-corrected chi connectivity index (χ2v) is 6.07. The van der Waals surface area contributed by atoms with Gasteiger partial charge in [0.25, 0.3) is 0 Å². The Kier molecular flexibility index (Phi) is 5.24. The quantitative estimate of drug-likeness (QED) is 0.635. The van der Waals surface area contributed by atoms with Crippen LogP contribution in [0.2, 0.25) is 0 Å². The first-order chi connectivity index (χ1) is 12.2. The Bertz CT molecular complexity index is 813. The Labute approximate surface area is 148 Å². The molecule has 0 aliphatic rings. The van der Waals surface area contributed by atoms with Gasteiger partial charge in [-0.25, -0.2) is 0 Å². The van der Waals surface area contributed by atoms with Gasteiger partial charge in [-0.2, -0.15) is 0 Å². The predicted octanol–water partition coefficient (Wildman–Crippen LogP) is 4.83. The van der Waals surface area contributed by atoms with E-state index in [1.165, 1.54) is 22.9 Å². The molecule has 0 aliphatic carbocycles. The average Bonchev–Trinajstić information content (AvgIpc) is 2.66. The van der Waals surface area contributed by atoms with Gasteiger partial charge in [-0.15, -0.1) is 0 Å². The molecule has 3 rings (SSSR count). The zero-order chi connectivity index (χ0) is 17.6. The number of phenols is 2. The Balaban J connectivity index is 1.69. The van der Waals surface area contributed by atoms with Crippen molar-refractivity contribution in [1.29, 1.82) is 0 Å². The van der Waals surface area contributed by atoms with Gasteiger partial charge in [0.05, 0.1) is 0 Å². The Morgan fingerprint density at radius 1 is 0.760 bits per heavy atom. The van der Waals surface area contributed by atoms with Crippen molar-refractivity contribution in [2.24, 2.45) is 0 Å². The molecule has 0 heterocycles. The van der Waals surface area contributed by atoms with Crippen molar-refractivity contribution in [3.63, 3.8) is 0 Å². The molecule has 0 radical (unpaired) electrons. The SMILES string of the molecule is CCN(CCc1ccc(O)c(O)c1)c1ccc(-c2ccccc2)cc1. The number of anilines is 1. The molecule has 128 valence electrons. The summed E-state index contributed by atoms with van der Waals surface area (Å²) in [6.07, 6.45) is 0.808. The summed E-state index contributed by atoms with van der Waals surface area (Å²) in [4.78, 5) is 2.30. The lowest BCUT2D eigenvalue weighted by atomic mass is 10.1. The van der Waals surface area contributed by atoms with E-state index in [2.05, 4.69) is 60.4 Å². The number of aromatic hydroxyl groups is 2. The van der Waals surface area contributed by atoms with Crippen LogP contribution < -0.4 is 4.90 Å². The van der Waals surface area contributed by atoms with Gasteiger partial charge in [-0.1, -0.05) is 48.5 Å². The van der Waals surface area contributed by atoms with Crippen molar-refractivity contribution in [1.82, 2.24) is 0 Å². The zero-order valence-electron chi connectivity index (χ0n) is 14.4. The van der Waals surface area contributed by atoms with E-state index in [1.807, 2.05) is 12.1 Å². The molecule has 0 saturated heterocycles. The number of phenolic OH excluding ortho intramolecular Hbond substituents is 2. The predicted molar refractivity (Wildman–Crippen MR) is 103 cm³/mol. The van der Waals surface area contributed by atoms with Gasteiger partial charge in [0.1, 0.15) is 0 Å². The van der Waals surface area contributed by atoms with Crippen LogP contribution in [0.5, 0.6) is 11.5 Å². The van der Waals surface area contributed by atoms with Crippen molar-refractivity contribution >= 4 is 5.69 Å². The molecule has 3 nitrogen and oxygen atoms in total. The second kappa shape index (κ2) is 7.75. The van der Waals surface area contributed by atoms with Crippen LogP contribution in [0.3, 0.4) is 0 Å². The summed E-state index contributed by atoms with van der Waals surface area (Å²) < 4.78 is 0. The summed E-state index contributed by atoms with van der Waals surface area (Å²) in [5, 5.41) is 19.0. The number of likely N-dealkylation sites (N-methyl/N-ethyl adjacent to an activating group) is 1. The molecule has 0 unspecified atom stereocenters. The Morgan fingerprint density at radius 2 is 1.44 bits per heavy atom. The van der Waals surface area contributed by atoms with E-state index < -0.39 is 0 Å². The van der Waals surface area contributed by atoms with E-state index in [1.54, 1.807) is 6.07 Å². The summed E-state index contributed by atoms with van der Waals surface area (Å²) in [6, 6.07) is 24.0. The van der Waals surface area contributed by atoms with E-state index in [9.17, 15) is 10.2 Å².